The molecule has 1 atom stereocenters. The van der Waals surface area contributed by atoms with Crippen molar-refractivity contribution < 1.29 is 14.3 Å². The van der Waals surface area contributed by atoms with Crippen LogP contribution in [0, 0.1) is 0 Å². The van der Waals surface area contributed by atoms with Crippen LogP contribution in [0.25, 0.3) is 10.9 Å². The third kappa shape index (κ3) is 3.58. The second-order valence-corrected chi connectivity index (χ2v) is 7.63. The van der Waals surface area contributed by atoms with Crippen LogP contribution in [0.1, 0.15) is 35.8 Å². The first-order valence-corrected chi connectivity index (χ1v) is 10.2. The number of carbonyl (C=O) groups is 1. The van der Waals surface area contributed by atoms with Crippen LogP contribution in [0.5, 0.6) is 5.75 Å². The van der Waals surface area contributed by atoms with Gasteiger partial charge < -0.3 is 18.9 Å². The lowest BCUT2D eigenvalue weighted by molar-refractivity contribution is 0.0592. The van der Waals surface area contributed by atoms with Crippen LogP contribution in [0.2, 0.25) is 0 Å². The summed E-state index contributed by atoms with van der Waals surface area (Å²) in [5.41, 5.74) is 1.59. The van der Waals surface area contributed by atoms with Crippen molar-refractivity contribution in [3.8, 4) is 5.75 Å². The zero-order valence-corrected chi connectivity index (χ0v) is 16.2. The van der Waals surface area contributed by atoms with E-state index >= 15 is 0 Å². The molecule has 2 aliphatic rings. The highest BCUT2D eigenvalue weighted by atomic mass is 16.5. The van der Waals surface area contributed by atoms with Gasteiger partial charge in [0.1, 0.15) is 17.5 Å². The highest BCUT2D eigenvalue weighted by molar-refractivity contribution is 5.92. The van der Waals surface area contributed by atoms with Crippen LogP contribution in [-0.2, 0) is 4.74 Å². The van der Waals surface area contributed by atoms with E-state index in [1.807, 2.05) is 11.0 Å². The van der Waals surface area contributed by atoms with Crippen molar-refractivity contribution in [2.75, 3.05) is 26.3 Å². The smallest absolute Gasteiger partial charge is 0.274 e. The summed E-state index contributed by atoms with van der Waals surface area (Å²) in [7, 11) is 0. The molecule has 3 aromatic rings. The predicted molar refractivity (Wildman–Crippen MR) is 108 cm³/mol. The van der Waals surface area contributed by atoms with Gasteiger partial charge in [-0.1, -0.05) is 6.07 Å². The van der Waals surface area contributed by atoms with E-state index in [-0.39, 0.29) is 12.0 Å². The summed E-state index contributed by atoms with van der Waals surface area (Å²) in [5, 5.41) is 1.14. The van der Waals surface area contributed by atoms with Crippen LogP contribution in [0.15, 0.2) is 49.1 Å². The highest BCUT2D eigenvalue weighted by Crippen LogP contribution is 2.32. The molecule has 0 N–H and O–H groups in total. The molecule has 4 heterocycles. The van der Waals surface area contributed by atoms with E-state index in [9.17, 15) is 4.79 Å². The zero-order chi connectivity index (χ0) is 19.6. The first kappa shape index (κ1) is 18.1. The van der Waals surface area contributed by atoms with Gasteiger partial charge in [-0.05, 0) is 24.6 Å². The van der Waals surface area contributed by atoms with Crippen molar-refractivity contribution >= 4 is 16.8 Å². The fourth-order valence-electron chi connectivity index (χ4n) is 4.25. The Balaban J connectivity index is 1.26. The molecule has 0 saturated carbocycles. The van der Waals surface area contributed by atoms with E-state index < -0.39 is 0 Å². The maximum atomic E-state index is 12.5. The summed E-state index contributed by atoms with van der Waals surface area (Å²) >= 11 is 0. The number of likely N-dealkylation sites (tertiary alicyclic amines) is 1. The van der Waals surface area contributed by atoms with E-state index in [0.717, 1.165) is 43.6 Å². The Hall–Kier alpha value is -2.93. The van der Waals surface area contributed by atoms with Gasteiger partial charge in [-0.3, -0.25) is 9.78 Å². The summed E-state index contributed by atoms with van der Waals surface area (Å²) in [5.74, 6) is 0.855. The average Bonchev–Trinajstić information content (AvgIpc) is 3.44. The van der Waals surface area contributed by atoms with Gasteiger partial charge in [0.2, 0.25) is 0 Å². The van der Waals surface area contributed by atoms with E-state index in [1.54, 1.807) is 12.4 Å². The molecule has 29 heavy (non-hydrogen) atoms. The number of fused-ring (bicyclic) bond motifs is 1. The van der Waals surface area contributed by atoms with Crippen molar-refractivity contribution in [2.45, 2.75) is 31.4 Å². The number of carbonyl (C=O) groups excluding carboxylic acids is 1. The topological polar surface area (TPSA) is 69.5 Å². The molecule has 7 heteroatoms. The van der Waals surface area contributed by atoms with Gasteiger partial charge >= 0.3 is 0 Å². The van der Waals surface area contributed by atoms with Crippen LogP contribution >= 0.6 is 0 Å². The number of hydrogen-bond donors (Lipinski definition) is 0. The first-order chi connectivity index (χ1) is 14.3. The van der Waals surface area contributed by atoms with Gasteiger partial charge in [0.15, 0.2) is 0 Å². The minimum Gasteiger partial charge on any atom is -0.490 e. The summed E-state index contributed by atoms with van der Waals surface area (Å²) in [6, 6.07) is 8.77. The second-order valence-electron chi connectivity index (χ2n) is 7.63. The molecule has 0 spiro atoms. The van der Waals surface area contributed by atoms with Crippen molar-refractivity contribution in [2.24, 2.45) is 0 Å². The number of rotatable bonds is 4. The molecule has 2 aliphatic heterocycles. The zero-order valence-electron chi connectivity index (χ0n) is 16.2. The Morgan fingerprint density at radius 1 is 1.14 bits per heavy atom. The fraction of sp³-hybridized carbons (Fsp3) is 0.409. The lowest BCUT2D eigenvalue weighted by Gasteiger charge is -2.32. The molecule has 150 valence electrons. The molecule has 0 bridgehead atoms. The molecular formula is C22H24N4O3. The molecular weight excluding hydrogens is 368 g/mol. The van der Waals surface area contributed by atoms with E-state index in [4.69, 9.17) is 9.47 Å². The summed E-state index contributed by atoms with van der Waals surface area (Å²) in [4.78, 5) is 22.5. The number of aromatic nitrogens is 3. The molecule has 1 aromatic carbocycles. The largest absolute Gasteiger partial charge is 0.490 e. The van der Waals surface area contributed by atoms with Gasteiger partial charge in [-0.15, -0.1) is 0 Å². The number of amides is 1. The molecule has 0 radical (unpaired) electrons. The van der Waals surface area contributed by atoms with Gasteiger partial charge in [-0.25, -0.2) is 4.98 Å². The molecule has 2 fully saturated rings. The lowest BCUT2D eigenvalue weighted by atomic mass is 10.1. The molecule has 1 amide bonds. The SMILES string of the molecule is O=C(c1cnccn1)N1CCC(Oc2cccc3c2ccn3C2CCOC2)CC1. The maximum Gasteiger partial charge on any atom is 0.274 e. The van der Waals surface area contributed by atoms with Crippen LogP contribution in [0.4, 0.5) is 0 Å². The molecule has 1 unspecified atom stereocenters. The molecule has 0 aliphatic carbocycles. The molecule has 5 rings (SSSR count). The Bertz CT molecular complexity index is 990. The standard InChI is InChI=1S/C22H24N4O3/c27-22(19-14-23-8-9-24-19)25-10-4-17(5-11-25)29-21-3-1-2-20-18(21)6-12-26(20)16-7-13-28-15-16/h1-3,6,8-9,12,14,16-17H,4-5,7,10-11,13,15H2. The first-order valence-electron chi connectivity index (χ1n) is 10.2. The Morgan fingerprint density at radius 2 is 2.03 bits per heavy atom. The van der Waals surface area contributed by atoms with Gasteiger partial charge in [0, 0.05) is 56.5 Å². The van der Waals surface area contributed by atoms with E-state index in [2.05, 4.69) is 38.9 Å². The number of nitrogens with zero attached hydrogens (tertiary/aromatic N) is 4. The second kappa shape index (κ2) is 7.83. The number of benzene rings is 1. The number of hydrogen-bond acceptors (Lipinski definition) is 5. The third-order valence-corrected chi connectivity index (χ3v) is 5.83. The summed E-state index contributed by atoms with van der Waals surface area (Å²) in [6.07, 6.45) is 9.54. The minimum absolute atomic E-state index is 0.0606. The third-order valence-electron chi connectivity index (χ3n) is 5.83. The Morgan fingerprint density at radius 3 is 2.79 bits per heavy atom. The van der Waals surface area contributed by atoms with Crippen LogP contribution in [-0.4, -0.2) is 57.7 Å². The van der Waals surface area contributed by atoms with Gasteiger partial charge in [0.25, 0.3) is 5.91 Å². The minimum atomic E-state index is -0.0606. The van der Waals surface area contributed by atoms with E-state index in [0.29, 0.717) is 24.8 Å². The molecule has 7 nitrogen and oxygen atoms in total. The van der Waals surface area contributed by atoms with Crippen molar-refractivity contribution in [1.29, 1.82) is 0 Å². The lowest BCUT2D eigenvalue weighted by Crippen LogP contribution is -2.42. The van der Waals surface area contributed by atoms with Gasteiger partial charge in [-0.2, -0.15) is 0 Å². The highest BCUT2D eigenvalue weighted by Gasteiger charge is 2.26. The van der Waals surface area contributed by atoms with Crippen molar-refractivity contribution in [3.05, 3.63) is 54.7 Å². The Labute approximate surface area is 169 Å². The van der Waals surface area contributed by atoms with Crippen LogP contribution < -0.4 is 4.74 Å². The molecule has 2 aromatic heterocycles. The van der Waals surface area contributed by atoms with Crippen molar-refractivity contribution in [3.63, 3.8) is 0 Å². The average molecular weight is 392 g/mol. The monoisotopic (exact) mass is 392 g/mol. The summed E-state index contributed by atoms with van der Waals surface area (Å²) < 4.78 is 14.2. The Kier molecular flexibility index (Phi) is 4.89. The quantitative estimate of drug-likeness (QED) is 0.683. The summed E-state index contributed by atoms with van der Waals surface area (Å²) in [6.45, 7) is 2.92. The van der Waals surface area contributed by atoms with Crippen LogP contribution in [0.3, 0.4) is 0 Å². The van der Waals surface area contributed by atoms with Crippen molar-refractivity contribution in [1.82, 2.24) is 19.4 Å². The maximum absolute atomic E-state index is 12.5. The van der Waals surface area contributed by atoms with Gasteiger partial charge in [0.05, 0.1) is 24.4 Å². The van der Waals surface area contributed by atoms with E-state index in [1.165, 1.54) is 11.7 Å². The molecule has 2 saturated heterocycles. The number of ether oxygens (including phenoxy) is 2. The fourth-order valence-corrected chi connectivity index (χ4v) is 4.25. The normalized spacial score (nSPS) is 20.3. The predicted octanol–water partition coefficient (Wildman–Crippen LogP) is 3.08. The number of piperidine rings is 1.